The van der Waals surface area contributed by atoms with Gasteiger partial charge < -0.3 is 10.2 Å². The summed E-state index contributed by atoms with van der Waals surface area (Å²) in [5.41, 5.74) is 3.35. The third-order valence-corrected chi connectivity index (χ3v) is 8.58. The number of nitrogens with zero attached hydrogens (tertiary/aromatic N) is 2. The van der Waals surface area contributed by atoms with Gasteiger partial charge in [-0.25, -0.2) is 8.42 Å². The van der Waals surface area contributed by atoms with Crippen molar-refractivity contribution in [1.29, 1.82) is 0 Å². The molecular weight excluding hydrogens is 517 g/mol. The van der Waals surface area contributed by atoms with E-state index in [9.17, 15) is 13.2 Å². The maximum Gasteiger partial charge on any atom is 0.258 e. The topological polar surface area (TPSA) is 69.7 Å². The molecule has 36 heavy (non-hydrogen) atoms. The Bertz CT molecular complexity index is 1420. The molecule has 0 aromatic heterocycles. The molecule has 0 unspecified atom stereocenters. The van der Waals surface area contributed by atoms with Gasteiger partial charge in [-0.05, 0) is 60.9 Å². The van der Waals surface area contributed by atoms with E-state index in [1.807, 2.05) is 29.2 Å². The second-order valence-electron chi connectivity index (χ2n) is 8.88. The normalized spacial score (nSPS) is 17.1. The summed E-state index contributed by atoms with van der Waals surface area (Å²) in [4.78, 5) is 15.8. The second kappa shape index (κ2) is 10.2. The fourth-order valence-electron chi connectivity index (χ4n) is 4.69. The van der Waals surface area contributed by atoms with Crippen LogP contribution in [0.2, 0.25) is 10.0 Å². The molecule has 3 aromatic rings. The molecule has 1 N–H and O–H groups in total. The number of carbonyl (C=O) groups excluding carboxylic acids is 1. The molecule has 1 fully saturated rings. The van der Waals surface area contributed by atoms with Crippen molar-refractivity contribution in [3.05, 3.63) is 99.7 Å². The first kappa shape index (κ1) is 24.7. The molecule has 2 aliphatic rings. The first-order valence-corrected chi connectivity index (χ1v) is 14.1. The molecule has 0 spiro atoms. The highest BCUT2D eigenvalue weighted by atomic mass is 35.5. The minimum atomic E-state index is -3.81. The minimum absolute atomic E-state index is 0.135. The van der Waals surface area contributed by atoms with E-state index in [4.69, 9.17) is 23.2 Å². The average molecular weight is 542 g/mol. The van der Waals surface area contributed by atoms with Gasteiger partial charge >= 0.3 is 0 Å². The number of likely N-dealkylation sites (tertiary alicyclic amines) is 1. The summed E-state index contributed by atoms with van der Waals surface area (Å²) in [6.45, 7) is 1.56. The van der Waals surface area contributed by atoms with Crippen LogP contribution in [0.5, 0.6) is 0 Å². The van der Waals surface area contributed by atoms with E-state index >= 15 is 0 Å². The summed E-state index contributed by atoms with van der Waals surface area (Å²) in [5.74, 6) is -0.617. The number of hydrogen-bond acceptors (Lipinski definition) is 4. The Morgan fingerprint density at radius 1 is 0.861 bits per heavy atom. The van der Waals surface area contributed by atoms with Crippen molar-refractivity contribution < 1.29 is 13.2 Å². The SMILES string of the molecule is O=C(Nc1ccc(Cl)cc1)C1=C(N2CCCC2)CS(=O)(=O)N(Cc2ccc(Cl)cc2)c2ccccc21. The Balaban J connectivity index is 1.63. The molecule has 0 bridgehead atoms. The van der Waals surface area contributed by atoms with Crippen LogP contribution in [0.15, 0.2) is 78.5 Å². The fraction of sp³-hybridized carbons (Fsp3) is 0.222. The molecule has 2 heterocycles. The second-order valence-corrected chi connectivity index (χ2v) is 11.6. The van der Waals surface area contributed by atoms with Crippen molar-refractivity contribution in [2.45, 2.75) is 19.4 Å². The molecule has 6 nitrogen and oxygen atoms in total. The summed E-state index contributed by atoms with van der Waals surface area (Å²) in [6, 6.07) is 21.2. The van der Waals surface area contributed by atoms with Crippen LogP contribution in [0, 0.1) is 0 Å². The van der Waals surface area contributed by atoms with Crippen LogP contribution in [0.4, 0.5) is 11.4 Å². The number of fused-ring (bicyclic) bond motifs is 1. The Labute approximate surface area is 221 Å². The number of amides is 1. The molecule has 2 aliphatic heterocycles. The number of hydrogen-bond donors (Lipinski definition) is 1. The van der Waals surface area contributed by atoms with Crippen LogP contribution in [-0.2, 0) is 21.4 Å². The van der Waals surface area contributed by atoms with Gasteiger partial charge in [0.1, 0.15) is 5.75 Å². The third-order valence-electron chi connectivity index (χ3n) is 6.44. The molecule has 0 radical (unpaired) electrons. The molecule has 9 heteroatoms. The minimum Gasteiger partial charge on any atom is -0.373 e. The van der Waals surface area contributed by atoms with E-state index in [-0.39, 0.29) is 18.2 Å². The van der Waals surface area contributed by atoms with Crippen LogP contribution >= 0.6 is 23.2 Å². The van der Waals surface area contributed by atoms with Crippen LogP contribution in [0.3, 0.4) is 0 Å². The van der Waals surface area contributed by atoms with Gasteiger partial charge in [0.2, 0.25) is 10.0 Å². The molecule has 186 valence electrons. The van der Waals surface area contributed by atoms with E-state index in [1.165, 1.54) is 4.31 Å². The molecule has 3 aromatic carbocycles. The third kappa shape index (κ3) is 5.09. The lowest BCUT2D eigenvalue weighted by Crippen LogP contribution is -2.35. The maximum atomic E-state index is 13.9. The van der Waals surface area contributed by atoms with Crippen molar-refractivity contribution in [2.75, 3.05) is 28.5 Å². The molecule has 1 saturated heterocycles. The van der Waals surface area contributed by atoms with Gasteiger partial charge in [-0.3, -0.25) is 9.10 Å². The predicted octanol–water partition coefficient (Wildman–Crippen LogP) is 5.79. The first-order chi connectivity index (χ1) is 17.3. The van der Waals surface area contributed by atoms with Crippen LogP contribution in [0.1, 0.15) is 24.0 Å². The van der Waals surface area contributed by atoms with Gasteiger partial charge in [-0.1, -0.05) is 53.5 Å². The summed E-state index contributed by atoms with van der Waals surface area (Å²) >= 11 is 12.1. The van der Waals surface area contributed by atoms with Crippen molar-refractivity contribution in [3.8, 4) is 0 Å². The zero-order valence-electron chi connectivity index (χ0n) is 19.5. The average Bonchev–Trinajstić information content (AvgIpc) is 3.37. The van der Waals surface area contributed by atoms with Crippen molar-refractivity contribution in [1.82, 2.24) is 4.90 Å². The van der Waals surface area contributed by atoms with Gasteiger partial charge in [0, 0.05) is 40.1 Å². The Kier molecular flexibility index (Phi) is 6.97. The standard InChI is InChI=1S/C27H25Cl2N3O3S/c28-20-9-7-19(8-10-20)17-32-24-6-2-1-5-23(24)26(27(33)30-22-13-11-21(29)12-14-22)25(18-36(32,34)35)31-15-3-4-16-31/h1-2,5-14H,3-4,15-18H2,(H,30,33). The summed E-state index contributed by atoms with van der Waals surface area (Å²) in [6.07, 6.45) is 1.90. The van der Waals surface area contributed by atoms with Gasteiger partial charge in [-0.15, -0.1) is 0 Å². The quantitative estimate of drug-likeness (QED) is 0.443. The fourth-order valence-corrected chi connectivity index (χ4v) is 6.57. The summed E-state index contributed by atoms with van der Waals surface area (Å²) in [7, 11) is -3.81. The Hall–Kier alpha value is -3.00. The van der Waals surface area contributed by atoms with Gasteiger partial charge in [0.05, 0.1) is 17.8 Å². The summed E-state index contributed by atoms with van der Waals surface area (Å²) in [5, 5.41) is 4.09. The van der Waals surface area contributed by atoms with Crippen molar-refractivity contribution in [2.24, 2.45) is 0 Å². The molecule has 0 aliphatic carbocycles. The van der Waals surface area contributed by atoms with Crippen LogP contribution in [-0.4, -0.2) is 38.1 Å². The van der Waals surface area contributed by atoms with E-state index < -0.39 is 10.0 Å². The van der Waals surface area contributed by atoms with E-state index in [0.717, 1.165) is 18.4 Å². The van der Waals surface area contributed by atoms with Gasteiger partial charge in [-0.2, -0.15) is 0 Å². The number of anilines is 2. The first-order valence-electron chi connectivity index (χ1n) is 11.7. The molecule has 1 amide bonds. The Morgan fingerprint density at radius 2 is 1.47 bits per heavy atom. The highest BCUT2D eigenvalue weighted by molar-refractivity contribution is 7.93. The number of benzene rings is 3. The highest BCUT2D eigenvalue weighted by Gasteiger charge is 2.37. The number of carbonyl (C=O) groups is 1. The lowest BCUT2D eigenvalue weighted by Gasteiger charge is -2.26. The molecule has 0 saturated carbocycles. The Morgan fingerprint density at radius 3 is 2.14 bits per heavy atom. The number of nitrogens with one attached hydrogen (secondary N) is 1. The zero-order valence-corrected chi connectivity index (χ0v) is 21.8. The number of sulfonamides is 1. The lowest BCUT2D eigenvalue weighted by atomic mass is 9.99. The van der Waals surface area contributed by atoms with E-state index in [2.05, 4.69) is 5.32 Å². The number of halogens is 2. The van der Waals surface area contributed by atoms with Gasteiger partial charge in [0.25, 0.3) is 5.91 Å². The van der Waals surface area contributed by atoms with Crippen LogP contribution < -0.4 is 9.62 Å². The summed E-state index contributed by atoms with van der Waals surface area (Å²) < 4.78 is 29.1. The van der Waals surface area contributed by atoms with Crippen LogP contribution in [0.25, 0.3) is 5.57 Å². The molecule has 5 rings (SSSR count). The van der Waals surface area contributed by atoms with E-state index in [0.29, 0.717) is 51.3 Å². The molecular formula is C27H25Cl2N3O3S. The zero-order chi connectivity index (χ0) is 25.3. The lowest BCUT2D eigenvalue weighted by molar-refractivity contribution is -0.111. The monoisotopic (exact) mass is 541 g/mol. The number of para-hydroxylation sites is 1. The largest absolute Gasteiger partial charge is 0.373 e. The van der Waals surface area contributed by atoms with Gasteiger partial charge in [0.15, 0.2) is 0 Å². The van der Waals surface area contributed by atoms with E-state index in [1.54, 1.807) is 48.5 Å². The highest BCUT2D eigenvalue weighted by Crippen LogP contribution is 2.39. The maximum absolute atomic E-state index is 13.9. The number of rotatable bonds is 5. The predicted molar refractivity (Wildman–Crippen MR) is 146 cm³/mol. The van der Waals surface area contributed by atoms with Crippen molar-refractivity contribution >= 4 is 56.1 Å². The smallest absolute Gasteiger partial charge is 0.258 e. The van der Waals surface area contributed by atoms with Crippen molar-refractivity contribution in [3.63, 3.8) is 0 Å². The molecule has 0 atom stereocenters.